The van der Waals surface area contributed by atoms with Crippen LogP contribution in [0, 0.1) is 5.92 Å². The molecular weight excluding hydrogens is 250 g/mol. The van der Waals surface area contributed by atoms with E-state index in [2.05, 4.69) is 12.2 Å². The molecule has 1 rings (SSSR count). The second-order valence-corrected chi connectivity index (χ2v) is 4.86. The van der Waals surface area contributed by atoms with E-state index in [4.69, 9.17) is 0 Å². The molecule has 3 heteroatoms. The first-order chi connectivity index (χ1) is 9.70. The summed E-state index contributed by atoms with van der Waals surface area (Å²) in [7, 11) is 0. The molecule has 0 radical (unpaired) electrons. The molecule has 2 atom stereocenters. The number of allylic oxidation sites excluding steroid dienone is 1. The molecule has 2 N–H and O–H groups in total. The Hall–Kier alpha value is -1.61. The van der Waals surface area contributed by atoms with Gasteiger partial charge in [-0.05, 0) is 18.4 Å². The fourth-order valence-corrected chi connectivity index (χ4v) is 1.98. The zero-order valence-electron chi connectivity index (χ0n) is 12.4. The first-order valence-electron chi connectivity index (χ1n) is 7.38. The van der Waals surface area contributed by atoms with Gasteiger partial charge in [0, 0.05) is 6.54 Å². The van der Waals surface area contributed by atoms with Gasteiger partial charge in [0.25, 0.3) is 0 Å². The monoisotopic (exact) mass is 275 g/mol. The Bertz CT molecular complexity index is 414. The van der Waals surface area contributed by atoms with E-state index in [0.717, 1.165) is 24.8 Å². The van der Waals surface area contributed by atoms with Gasteiger partial charge in [-0.25, -0.2) is 0 Å². The molecule has 0 spiro atoms. The molecule has 1 aromatic rings. The first-order valence-corrected chi connectivity index (χ1v) is 7.38. The summed E-state index contributed by atoms with van der Waals surface area (Å²) < 4.78 is 0. The number of aliphatic hydroxyl groups excluding tert-OH is 1. The maximum Gasteiger partial charge on any atom is 0.229 e. The third-order valence-corrected chi connectivity index (χ3v) is 3.19. The van der Waals surface area contributed by atoms with Gasteiger partial charge in [0.1, 0.15) is 0 Å². The van der Waals surface area contributed by atoms with Crippen molar-refractivity contribution < 1.29 is 9.90 Å². The van der Waals surface area contributed by atoms with Crippen molar-refractivity contribution in [1.29, 1.82) is 0 Å². The van der Waals surface area contributed by atoms with Crippen LogP contribution in [0.15, 0.2) is 42.5 Å². The highest BCUT2D eigenvalue weighted by Gasteiger charge is 2.25. The van der Waals surface area contributed by atoms with Gasteiger partial charge in [-0.3, -0.25) is 4.79 Å². The van der Waals surface area contributed by atoms with Gasteiger partial charge >= 0.3 is 0 Å². The summed E-state index contributed by atoms with van der Waals surface area (Å²) in [5.41, 5.74) is 0.767. The number of carbonyl (C=O) groups is 1. The molecule has 0 aromatic heterocycles. The highest BCUT2D eigenvalue weighted by molar-refractivity contribution is 5.81. The van der Waals surface area contributed by atoms with Crippen molar-refractivity contribution in [3.05, 3.63) is 48.0 Å². The molecule has 110 valence electrons. The molecule has 20 heavy (non-hydrogen) atoms. The van der Waals surface area contributed by atoms with Crippen LogP contribution >= 0.6 is 0 Å². The fourth-order valence-electron chi connectivity index (χ4n) is 1.98. The Morgan fingerprint density at radius 1 is 1.30 bits per heavy atom. The van der Waals surface area contributed by atoms with Crippen molar-refractivity contribution in [2.45, 2.75) is 39.2 Å². The third kappa shape index (κ3) is 5.17. The Labute approximate surface area is 121 Å². The summed E-state index contributed by atoms with van der Waals surface area (Å²) in [5, 5.41) is 13.3. The van der Waals surface area contributed by atoms with Gasteiger partial charge < -0.3 is 10.4 Å². The lowest BCUT2D eigenvalue weighted by atomic mass is 9.94. The standard InChI is InChI=1S/C17H25NO2/c1-3-5-12-15(17(20)18-13-6-4-2)16(19)14-10-8-7-9-11-14/h5,7-12,15-16,19H,3-4,6,13H2,1-2H3,(H,18,20)/b12-5+/t15-,16-/m1/s1. The molecule has 3 nitrogen and oxygen atoms in total. The summed E-state index contributed by atoms with van der Waals surface area (Å²) in [6, 6.07) is 9.32. The Balaban J connectivity index is 2.77. The predicted molar refractivity (Wildman–Crippen MR) is 82.2 cm³/mol. The number of amides is 1. The van der Waals surface area contributed by atoms with Crippen LogP contribution < -0.4 is 5.32 Å². The summed E-state index contributed by atoms with van der Waals surface area (Å²) in [6.07, 6.45) is 5.77. The number of unbranched alkanes of at least 4 members (excludes halogenated alkanes) is 1. The number of carbonyl (C=O) groups excluding carboxylic acids is 1. The van der Waals surface area contributed by atoms with Gasteiger partial charge in [0.15, 0.2) is 0 Å². The normalized spacial score (nSPS) is 14.2. The average molecular weight is 275 g/mol. The second kappa shape index (κ2) is 9.32. The van der Waals surface area contributed by atoms with Crippen molar-refractivity contribution in [3.63, 3.8) is 0 Å². The summed E-state index contributed by atoms with van der Waals surface area (Å²) in [5.74, 6) is -0.645. The lowest BCUT2D eigenvalue weighted by Gasteiger charge is -2.20. The number of hydrogen-bond acceptors (Lipinski definition) is 2. The van der Waals surface area contributed by atoms with Crippen LogP contribution in [0.2, 0.25) is 0 Å². The molecule has 0 saturated carbocycles. The van der Waals surface area contributed by atoms with Crippen LogP contribution in [0.1, 0.15) is 44.8 Å². The van der Waals surface area contributed by atoms with Crippen LogP contribution in [0.4, 0.5) is 0 Å². The van der Waals surface area contributed by atoms with E-state index in [1.165, 1.54) is 0 Å². The van der Waals surface area contributed by atoms with Gasteiger partial charge in [0.2, 0.25) is 5.91 Å². The average Bonchev–Trinajstić information content (AvgIpc) is 2.48. The van der Waals surface area contributed by atoms with Crippen molar-refractivity contribution in [3.8, 4) is 0 Å². The van der Waals surface area contributed by atoms with E-state index in [1.54, 1.807) is 6.08 Å². The molecule has 0 aliphatic heterocycles. The van der Waals surface area contributed by atoms with Gasteiger partial charge in [-0.15, -0.1) is 0 Å². The van der Waals surface area contributed by atoms with Crippen molar-refractivity contribution in [2.24, 2.45) is 5.92 Å². The zero-order valence-corrected chi connectivity index (χ0v) is 12.4. The topological polar surface area (TPSA) is 49.3 Å². The largest absolute Gasteiger partial charge is 0.387 e. The maximum atomic E-state index is 12.2. The van der Waals surface area contributed by atoms with Crippen LogP contribution in [-0.4, -0.2) is 17.6 Å². The van der Waals surface area contributed by atoms with Crippen LogP contribution in [0.25, 0.3) is 0 Å². The van der Waals surface area contributed by atoms with Crippen LogP contribution in [0.3, 0.4) is 0 Å². The molecule has 0 unspecified atom stereocenters. The molecular formula is C17H25NO2. The lowest BCUT2D eigenvalue weighted by molar-refractivity contribution is -0.126. The number of nitrogens with one attached hydrogen (secondary N) is 1. The zero-order chi connectivity index (χ0) is 14.8. The summed E-state index contributed by atoms with van der Waals surface area (Å²) in [6.45, 7) is 4.75. The molecule has 0 saturated heterocycles. The van der Waals surface area contributed by atoms with E-state index in [-0.39, 0.29) is 5.91 Å². The highest BCUT2D eigenvalue weighted by Crippen LogP contribution is 2.23. The van der Waals surface area contributed by atoms with Crippen molar-refractivity contribution in [2.75, 3.05) is 6.54 Å². The number of hydrogen-bond donors (Lipinski definition) is 2. The Morgan fingerprint density at radius 2 is 2.00 bits per heavy atom. The minimum absolute atomic E-state index is 0.112. The molecule has 0 fully saturated rings. The Kier molecular flexibility index (Phi) is 7.66. The SMILES string of the molecule is CC/C=C/[C@@H](C(=O)NCCCC)[C@H](O)c1ccccc1. The highest BCUT2D eigenvalue weighted by atomic mass is 16.3. The fraction of sp³-hybridized carbons (Fsp3) is 0.471. The minimum Gasteiger partial charge on any atom is -0.387 e. The van der Waals surface area contributed by atoms with Crippen LogP contribution in [-0.2, 0) is 4.79 Å². The molecule has 1 aromatic carbocycles. The molecule has 0 heterocycles. The predicted octanol–water partition coefficient (Wildman–Crippen LogP) is 3.22. The van der Waals surface area contributed by atoms with E-state index in [0.29, 0.717) is 6.54 Å². The molecule has 0 bridgehead atoms. The summed E-state index contributed by atoms with van der Waals surface area (Å²) >= 11 is 0. The Morgan fingerprint density at radius 3 is 2.60 bits per heavy atom. The smallest absolute Gasteiger partial charge is 0.229 e. The van der Waals surface area contributed by atoms with Crippen molar-refractivity contribution >= 4 is 5.91 Å². The lowest BCUT2D eigenvalue weighted by Crippen LogP contribution is -2.33. The minimum atomic E-state index is -0.805. The maximum absolute atomic E-state index is 12.2. The van der Waals surface area contributed by atoms with Crippen molar-refractivity contribution in [1.82, 2.24) is 5.32 Å². The molecule has 0 aliphatic rings. The number of aliphatic hydroxyl groups is 1. The van der Waals surface area contributed by atoms with E-state index in [1.807, 2.05) is 43.3 Å². The molecule has 1 amide bonds. The number of benzene rings is 1. The van der Waals surface area contributed by atoms with Gasteiger partial charge in [0.05, 0.1) is 12.0 Å². The van der Waals surface area contributed by atoms with E-state index < -0.39 is 12.0 Å². The third-order valence-electron chi connectivity index (χ3n) is 3.19. The first kappa shape index (κ1) is 16.4. The number of rotatable bonds is 8. The van der Waals surface area contributed by atoms with Crippen LogP contribution in [0.5, 0.6) is 0 Å². The van der Waals surface area contributed by atoms with E-state index >= 15 is 0 Å². The molecule has 0 aliphatic carbocycles. The second-order valence-electron chi connectivity index (χ2n) is 4.86. The van der Waals surface area contributed by atoms with E-state index in [9.17, 15) is 9.90 Å². The van der Waals surface area contributed by atoms with Gasteiger partial charge in [-0.1, -0.05) is 62.8 Å². The summed E-state index contributed by atoms with van der Waals surface area (Å²) in [4.78, 5) is 12.2. The van der Waals surface area contributed by atoms with Gasteiger partial charge in [-0.2, -0.15) is 0 Å². The quantitative estimate of drug-likeness (QED) is 0.565.